The molecule has 0 fully saturated rings. The molecule has 1 aromatic heterocycles. The number of hydrogen-bond acceptors (Lipinski definition) is 4. The van der Waals surface area contributed by atoms with Crippen LogP contribution in [0.5, 0.6) is 0 Å². The predicted octanol–water partition coefficient (Wildman–Crippen LogP) is 2.14. The third kappa shape index (κ3) is 4.74. The van der Waals surface area contributed by atoms with Crippen molar-refractivity contribution in [2.24, 2.45) is 15.9 Å². The van der Waals surface area contributed by atoms with Gasteiger partial charge in [-0.2, -0.15) is 0 Å². The molecule has 6 heteroatoms. The van der Waals surface area contributed by atoms with Crippen LogP contribution in [-0.2, 0) is 3.02 Å². The summed E-state index contributed by atoms with van der Waals surface area (Å²) in [6.07, 6.45) is 1.59. The van der Waals surface area contributed by atoms with Crippen LogP contribution in [0.15, 0.2) is 93.7 Å². The first-order chi connectivity index (χ1) is 12.2. The average molecular weight is 442 g/mol. The average Bonchev–Trinajstić information content (AvgIpc) is 3.20. The Balaban J connectivity index is 1.83. The summed E-state index contributed by atoms with van der Waals surface area (Å²) in [5.41, 5.74) is 6.63. The second-order valence-electron chi connectivity index (χ2n) is 5.16. The van der Waals surface area contributed by atoms with Crippen LogP contribution in [0.3, 0.4) is 0 Å². The molecule has 0 saturated carbocycles. The Kier molecular flexibility index (Phi) is 5.91. The van der Waals surface area contributed by atoms with E-state index < -0.39 is 20.6 Å². The molecule has 0 aliphatic heterocycles. The molecule has 25 heavy (non-hydrogen) atoms. The number of hydrogen-bond donors (Lipinski definition) is 1. The molecule has 0 bridgehead atoms. The van der Waals surface area contributed by atoms with Crippen LogP contribution in [0.4, 0.5) is 0 Å². The summed E-state index contributed by atoms with van der Waals surface area (Å²) in [6, 6.07) is 24.0. The summed E-state index contributed by atoms with van der Waals surface area (Å²) in [5.74, 6) is 0.653. The fraction of sp³-hybridized carbons (Fsp3) is 0.0526. The molecule has 0 amide bonds. The van der Waals surface area contributed by atoms with Crippen LogP contribution in [0.2, 0.25) is 0 Å². The Labute approximate surface area is 154 Å². The molecular formula is C19H18N3O2Sb. The topological polar surface area (TPSA) is 73.1 Å². The second-order valence-corrected chi connectivity index (χ2v) is 10.3. The van der Waals surface area contributed by atoms with Crippen molar-refractivity contribution in [3.8, 4) is 0 Å². The van der Waals surface area contributed by atoms with E-state index in [1.807, 2.05) is 49.4 Å². The van der Waals surface area contributed by atoms with Gasteiger partial charge in [-0.1, -0.05) is 0 Å². The first-order valence-corrected chi connectivity index (χ1v) is 11.3. The van der Waals surface area contributed by atoms with E-state index in [1.54, 1.807) is 12.3 Å². The van der Waals surface area contributed by atoms with Crippen molar-refractivity contribution >= 4 is 39.4 Å². The van der Waals surface area contributed by atoms with Gasteiger partial charge < -0.3 is 0 Å². The zero-order valence-corrected chi connectivity index (χ0v) is 16.3. The predicted molar refractivity (Wildman–Crippen MR) is 102 cm³/mol. The maximum absolute atomic E-state index is 6.06. The maximum atomic E-state index is 6.06. The SMILES string of the molecule is C/C(=N\N=C(/N)[O][Sb]([c]1ccccc1)[c]1ccccc1)c1ccco1. The minimum atomic E-state index is -2.50. The van der Waals surface area contributed by atoms with Crippen molar-refractivity contribution in [1.82, 2.24) is 0 Å². The second kappa shape index (κ2) is 8.54. The fourth-order valence-electron chi connectivity index (χ4n) is 2.15. The molecule has 0 aliphatic carbocycles. The van der Waals surface area contributed by atoms with Gasteiger partial charge in [0, 0.05) is 0 Å². The molecule has 5 nitrogen and oxygen atoms in total. The molecule has 2 aromatic carbocycles. The van der Waals surface area contributed by atoms with Crippen LogP contribution < -0.4 is 12.8 Å². The fourth-order valence-corrected chi connectivity index (χ4v) is 6.77. The van der Waals surface area contributed by atoms with Gasteiger partial charge in [-0.05, 0) is 0 Å². The van der Waals surface area contributed by atoms with E-state index in [9.17, 15) is 0 Å². The summed E-state index contributed by atoms with van der Waals surface area (Å²) in [7, 11) is 0. The quantitative estimate of drug-likeness (QED) is 0.285. The van der Waals surface area contributed by atoms with E-state index in [4.69, 9.17) is 13.2 Å². The number of benzene rings is 2. The Morgan fingerprint density at radius 3 is 2.00 bits per heavy atom. The van der Waals surface area contributed by atoms with Gasteiger partial charge >= 0.3 is 154 Å². The molecule has 0 spiro atoms. The molecule has 0 aliphatic rings. The normalized spacial score (nSPS) is 12.4. The van der Waals surface area contributed by atoms with Crippen molar-refractivity contribution in [3.05, 3.63) is 84.8 Å². The zero-order chi connectivity index (χ0) is 17.5. The van der Waals surface area contributed by atoms with Crippen LogP contribution in [0.25, 0.3) is 0 Å². The molecule has 3 aromatic rings. The van der Waals surface area contributed by atoms with Gasteiger partial charge in [-0.25, -0.2) is 0 Å². The van der Waals surface area contributed by atoms with E-state index in [0.717, 1.165) is 0 Å². The summed E-state index contributed by atoms with van der Waals surface area (Å²) in [6.45, 7) is 1.81. The van der Waals surface area contributed by atoms with Crippen molar-refractivity contribution in [2.45, 2.75) is 6.92 Å². The van der Waals surface area contributed by atoms with E-state index in [-0.39, 0.29) is 6.02 Å². The molecule has 0 saturated heterocycles. The van der Waals surface area contributed by atoms with Crippen molar-refractivity contribution in [2.75, 3.05) is 0 Å². The molecule has 126 valence electrons. The molecule has 0 unspecified atom stereocenters. The number of furan rings is 1. The molecule has 0 radical (unpaired) electrons. The summed E-state index contributed by atoms with van der Waals surface area (Å²) < 4.78 is 13.7. The molecule has 1 heterocycles. The van der Waals surface area contributed by atoms with E-state index >= 15 is 0 Å². The van der Waals surface area contributed by atoms with Gasteiger partial charge in [0.05, 0.1) is 0 Å². The van der Waals surface area contributed by atoms with Crippen molar-refractivity contribution in [3.63, 3.8) is 0 Å². The van der Waals surface area contributed by atoms with Crippen LogP contribution >= 0.6 is 0 Å². The first kappa shape index (κ1) is 17.3. The standard InChI is InChI=1S/C7H9N3O2.2C6H5.Sb/c1-5(9-10-7(8)11)6-3-2-4-12-6;2*1-2-4-6-5-3-1;/h2-4H,1H3,(H3,8,10,11);2*1-5H;/q;;;+1/p-1/b9-5+;;;. The third-order valence-corrected chi connectivity index (χ3v) is 8.78. The van der Waals surface area contributed by atoms with Gasteiger partial charge in [0.25, 0.3) is 0 Å². The summed E-state index contributed by atoms with van der Waals surface area (Å²) in [5, 5.41) is 8.11. The Morgan fingerprint density at radius 1 is 0.880 bits per heavy atom. The van der Waals surface area contributed by atoms with E-state index in [2.05, 4.69) is 34.5 Å². The van der Waals surface area contributed by atoms with Crippen LogP contribution in [0.1, 0.15) is 12.7 Å². The van der Waals surface area contributed by atoms with Gasteiger partial charge in [0.1, 0.15) is 0 Å². The Morgan fingerprint density at radius 2 is 1.48 bits per heavy atom. The zero-order valence-electron chi connectivity index (χ0n) is 13.7. The number of nitrogens with two attached hydrogens (primary N) is 1. The monoisotopic (exact) mass is 441 g/mol. The van der Waals surface area contributed by atoms with Gasteiger partial charge in [0.15, 0.2) is 0 Å². The number of nitrogens with zero attached hydrogens (tertiary/aromatic N) is 2. The van der Waals surface area contributed by atoms with E-state index in [1.165, 1.54) is 7.02 Å². The minimum absolute atomic E-state index is 0.0709. The molecule has 2 N–H and O–H groups in total. The molecular weight excluding hydrogens is 424 g/mol. The van der Waals surface area contributed by atoms with Gasteiger partial charge in [0.2, 0.25) is 0 Å². The molecule has 0 atom stereocenters. The molecule has 3 rings (SSSR count). The number of amidine groups is 1. The summed E-state index contributed by atoms with van der Waals surface area (Å²) >= 11 is -2.50. The summed E-state index contributed by atoms with van der Waals surface area (Å²) in [4.78, 5) is 0. The van der Waals surface area contributed by atoms with E-state index in [0.29, 0.717) is 11.5 Å². The van der Waals surface area contributed by atoms with Crippen LogP contribution in [-0.4, -0.2) is 32.4 Å². The van der Waals surface area contributed by atoms with Gasteiger partial charge in [-0.3, -0.25) is 0 Å². The number of rotatable bonds is 5. The first-order valence-electron chi connectivity index (χ1n) is 7.74. The van der Waals surface area contributed by atoms with Crippen molar-refractivity contribution < 1.29 is 7.43 Å². The Bertz CT molecular complexity index is 807. The van der Waals surface area contributed by atoms with Gasteiger partial charge in [-0.15, -0.1) is 0 Å². The van der Waals surface area contributed by atoms with Crippen molar-refractivity contribution in [1.29, 1.82) is 0 Å². The van der Waals surface area contributed by atoms with Crippen LogP contribution in [0, 0.1) is 0 Å². The third-order valence-electron chi connectivity index (χ3n) is 3.34. The Hall–Kier alpha value is -2.52.